The molecule has 1 heterocycles. The zero-order valence-electron chi connectivity index (χ0n) is 16.5. The molecule has 0 bridgehead atoms. The van der Waals surface area contributed by atoms with Crippen LogP contribution in [-0.4, -0.2) is 64.1 Å². The lowest BCUT2D eigenvalue weighted by atomic mass is 10.2. The Hall–Kier alpha value is -2.78. The van der Waals surface area contributed by atoms with E-state index in [0.29, 0.717) is 31.1 Å². The molecule has 156 valence electrons. The van der Waals surface area contributed by atoms with Gasteiger partial charge in [0.15, 0.2) is 11.5 Å². The number of piperazine rings is 1. The van der Waals surface area contributed by atoms with Crippen LogP contribution < -0.4 is 14.8 Å². The first kappa shape index (κ1) is 20.9. The topological polar surface area (TPSA) is 88.2 Å². The van der Waals surface area contributed by atoms with Gasteiger partial charge in [-0.15, -0.1) is 0 Å². The maximum Gasteiger partial charge on any atom is 0.317 e. The van der Waals surface area contributed by atoms with Crippen LogP contribution in [0.4, 0.5) is 4.79 Å². The van der Waals surface area contributed by atoms with Gasteiger partial charge in [-0.2, -0.15) is 4.31 Å². The number of sulfonamides is 1. The zero-order chi connectivity index (χ0) is 20.9. The molecule has 1 N–H and O–H groups in total. The van der Waals surface area contributed by atoms with Gasteiger partial charge in [-0.25, -0.2) is 13.2 Å². The Morgan fingerprint density at radius 1 is 0.966 bits per heavy atom. The average molecular weight is 420 g/mol. The molecule has 0 atom stereocenters. The number of benzene rings is 2. The maximum atomic E-state index is 13.0. The molecule has 9 heteroatoms. The Balaban J connectivity index is 1.60. The first-order valence-corrected chi connectivity index (χ1v) is 10.7. The van der Waals surface area contributed by atoms with E-state index in [1.54, 1.807) is 11.0 Å². The van der Waals surface area contributed by atoms with Crippen LogP contribution in [0.15, 0.2) is 53.4 Å². The fourth-order valence-electron chi connectivity index (χ4n) is 3.14. The van der Waals surface area contributed by atoms with Gasteiger partial charge in [-0.05, 0) is 17.7 Å². The van der Waals surface area contributed by atoms with Gasteiger partial charge in [-0.3, -0.25) is 0 Å². The van der Waals surface area contributed by atoms with Gasteiger partial charge >= 0.3 is 6.03 Å². The summed E-state index contributed by atoms with van der Waals surface area (Å²) in [7, 11) is -0.731. The second-order valence-corrected chi connectivity index (χ2v) is 8.49. The van der Waals surface area contributed by atoms with Gasteiger partial charge in [0.1, 0.15) is 0 Å². The van der Waals surface area contributed by atoms with Crippen LogP contribution in [0.1, 0.15) is 5.56 Å². The third-order valence-corrected chi connectivity index (χ3v) is 6.70. The number of ether oxygens (including phenoxy) is 2. The molecule has 29 heavy (non-hydrogen) atoms. The minimum absolute atomic E-state index is 0.136. The third kappa shape index (κ3) is 4.80. The average Bonchev–Trinajstić information content (AvgIpc) is 2.77. The predicted octanol–water partition coefficient (Wildman–Crippen LogP) is 1.92. The van der Waals surface area contributed by atoms with Gasteiger partial charge in [0.2, 0.25) is 10.0 Å². The monoisotopic (exact) mass is 419 g/mol. The van der Waals surface area contributed by atoms with Crippen LogP contribution >= 0.6 is 0 Å². The SMILES string of the molecule is COc1ccc(S(=O)(=O)N2CCN(C(=O)NCc3ccccc3)CC2)cc1OC. The molecule has 0 saturated carbocycles. The van der Waals surface area contributed by atoms with E-state index in [4.69, 9.17) is 9.47 Å². The summed E-state index contributed by atoms with van der Waals surface area (Å²) in [6.45, 7) is 1.55. The lowest BCUT2D eigenvalue weighted by Gasteiger charge is -2.34. The van der Waals surface area contributed by atoms with Crippen molar-refractivity contribution in [3.05, 3.63) is 54.1 Å². The van der Waals surface area contributed by atoms with E-state index in [0.717, 1.165) is 5.56 Å². The smallest absolute Gasteiger partial charge is 0.317 e. The Labute approximate surface area is 171 Å². The first-order chi connectivity index (χ1) is 14.0. The minimum Gasteiger partial charge on any atom is -0.493 e. The molecule has 0 unspecified atom stereocenters. The molecular formula is C20H25N3O5S. The molecule has 0 aromatic heterocycles. The highest BCUT2D eigenvalue weighted by Gasteiger charge is 2.30. The molecule has 2 aromatic rings. The van der Waals surface area contributed by atoms with E-state index in [-0.39, 0.29) is 24.0 Å². The van der Waals surface area contributed by atoms with E-state index in [1.165, 1.54) is 30.7 Å². The third-order valence-electron chi connectivity index (χ3n) is 4.81. The lowest BCUT2D eigenvalue weighted by molar-refractivity contribution is 0.172. The Morgan fingerprint density at radius 3 is 2.24 bits per heavy atom. The van der Waals surface area contributed by atoms with Crippen molar-refractivity contribution in [1.82, 2.24) is 14.5 Å². The van der Waals surface area contributed by atoms with Gasteiger partial charge < -0.3 is 19.7 Å². The molecule has 1 aliphatic rings. The standard InChI is InChI=1S/C20H25N3O5S/c1-27-18-9-8-17(14-19(18)28-2)29(25,26)23-12-10-22(11-13-23)20(24)21-15-16-6-4-3-5-7-16/h3-9,14H,10-13,15H2,1-2H3,(H,21,24). The second-order valence-electron chi connectivity index (χ2n) is 6.55. The van der Waals surface area contributed by atoms with Crippen molar-refractivity contribution in [1.29, 1.82) is 0 Å². The first-order valence-electron chi connectivity index (χ1n) is 9.24. The van der Waals surface area contributed by atoms with Crippen molar-refractivity contribution in [3.63, 3.8) is 0 Å². The molecular weight excluding hydrogens is 394 g/mol. The number of nitrogens with one attached hydrogen (secondary N) is 1. The summed E-state index contributed by atoms with van der Waals surface area (Å²) < 4.78 is 37.7. The van der Waals surface area contributed by atoms with Crippen LogP contribution in [0, 0.1) is 0 Å². The van der Waals surface area contributed by atoms with Gasteiger partial charge in [0.25, 0.3) is 0 Å². The normalized spacial score (nSPS) is 15.0. The van der Waals surface area contributed by atoms with E-state index in [9.17, 15) is 13.2 Å². The number of amides is 2. The molecule has 3 rings (SSSR count). The molecule has 2 aromatic carbocycles. The minimum atomic E-state index is -3.68. The largest absolute Gasteiger partial charge is 0.493 e. The molecule has 1 fully saturated rings. The van der Waals surface area contributed by atoms with Crippen LogP contribution in [0.3, 0.4) is 0 Å². The summed E-state index contributed by atoms with van der Waals surface area (Å²) in [5, 5.41) is 2.87. The number of urea groups is 1. The van der Waals surface area contributed by atoms with Crippen molar-refractivity contribution < 1.29 is 22.7 Å². The molecule has 2 amide bonds. The van der Waals surface area contributed by atoms with Gasteiger partial charge in [-0.1, -0.05) is 30.3 Å². The zero-order valence-corrected chi connectivity index (χ0v) is 17.3. The highest BCUT2D eigenvalue weighted by molar-refractivity contribution is 7.89. The Bertz CT molecular complexity index is 942. The van der Waals surface area contributed by atoms with Crippen molar-refractivity contribution in [3.8, 4) is 11.5 Å². The number of carbonyl (C=O) groups excluding carboxylic acids is 1. The predicted molar refractivity (Wildman–Crippen MR) is 109 cm³/mol. The summed E-state index contributed by atoms with van der Waals surface area (Å²) in [5.41, 5.74) is 1.01. The summed E-state index contributed by atoms with van der Waals surface area (Å²) in [6.07, 6.45) is 0. The maximum absolute atomic E-state index is 13.0. The summed E-state index contributed by atoms with van der Waals surface area (Å²) in [6, 6.07) is 13.9. The fraction of sp³-hybridized carbons (Fsp3) is 0.350. The van der Waals surface area contributed by atoms with Gasteiger partial charge in [0, 0.05) is 38.8 Å². The number of methoxy groups -OCH3 is 2. The van der Waals surface area contributed by atoms with Crippen molar-refractivity contribution in [2.24, 2.45) is 0 Å². The van der Waals surface area contributed by atoms with Crippen LogP contribution in [0.5, 0.6) is 11.5 Å². The molecule has 0 radical (unpaired) electrons. The van der Waals surface area contributed by atoms with E-state index >= 15 is 0 Å². The van der Waals surface area contributed by atoms with Crippen LogP contribution in [0.25, 0.3) is 0 Å². The highest BCUT2D eigenvalue weighted by Crippen LogP contribution is 2.30. The summed E-state index contributed by atoms with van der Waals surface area (Å²) >= 11 is 0. The Morgan fingerprint density at radius 2 is 1.62 bits per heavy atom. The number of nitrogens with zero attached hydrogens (tertiary/aromatic N) is 2. The highest BCUT2D eigenvalue weighted by atomic mass is 32.2. The van der Waals surface area contributed by atoms with Crippen molar-refractivity contribution in [2.75, 3.05) is 40.4 Å². The summed E-state index contributed by atoms with van der Waals surface area (Å²) in [4.78, 5) is 14.1. The van der Waals surface area contributed by atoms with E-state index < -0.39 is 10.0 Å². The summed E-state index contributed by atoms with van der Waals surface area (Å²) in [5.74, 6) is 0.818. The second kappa shape index (κ2) is 9.15. The van der Waals surface area contributed by atoms with Crippen LogP contribution in [-0.2, 0) is 16.6 Å². The molecule has 0 spiro atoms. The van der Waals surface area contributed by atoms with Crippen molar-refractivity contribution in [2.45, 2.75) is 11.4 Å². The van der Waals surface area contributed by atoms with Gasteiger partial charge in [0.05, 0.1) is 19.1 Å². The number of hydrogen-bond acceptors (Lipinski definition) is 5. The van der Waals surface area contributed by atoms with Crippen LogP contribution in [0.2, 0.25) is 0 Å². The molecule has 1 saturated heterocycles. The molecule has 0 aliphatic carbocycles. The van der Waals surface area contributed by atoms with Crippen molar-refractivity contribution >= 4 is 16.1 Å². The quantitative estimate of drug-likeness (QED) is 0.773. The number of hydrogen-bond donors (Lipinski definition) is 1. The Kier molecular flexibility index (Phi) is 6.60. The number of carbonyl (C=O) groups is 1. The lowest BCUT2D eigenvalue weighted by Crippen LogP contribution is -2.52. The van der Waals surface area contributed by atoms with E-state index in [1.807, 2.05) is 30.3 Å². The van der Waals surface area contributed by atoms with E-state index in [2.05, 4.69) is 5.32 Å². The number of rotatable bonds is 6. The molecule has 1 aliphatic heterocycles. The molecule has 8 nitrogen and oxygen atoms in total. The fourth-order valence-corrected chi connectivity index (χ4v) is 4.58.